The molecule has 6 heteroatoms. The summed E-state index contributed by atoms with van der Waals surface area (Å²) in [6, 6.07) is 3.46. The Morgan fingerprint density at radius 1 is 1.33 bits per heavy atom. The molecular formula is C15H22N2O4. The van der Waals surface area contributed by atoms with Crippen molar-refractivity contribution in [3.05, 3.63) is 23.8 Å². The van der Waals surface area contributed by atoms with Crippen LogP contribution < -0.4 is 11.1 Å². The molecule has 0 fully saturated rings. The second-order valence-corrected chi connectivity index (χ2v) is 6.31. The highest BCUT2D eigenvalue weighted by atomic mass is 16.4. The lowest BCUT2D eigenvalue weighted by Gasteiger charge is -2.22. The molecule has 1 unspecified atom stereocenters. The third kappa shape index (κ3) is 5.83. The first-order valence-electron chi connectivity index (χ1n) is 6.70. The number of hydrogen-bond acceptors (Lipinski definition) is 4. The number of rotatable bonds is 5. The monoisotopic (exact) mass is 294 g/mol. The molecular weight excluding hydrogens is 272 g/mol. The molecule has 21 heavy (non-hydrogen) atoms. The van der Waals surface area contributed by atoms with Crippen LogP contribution in [0, 0.1) is 5.41 Å². The average Bonchev–Trinajstić information content (AvgIpc) is 2.28. The molecule has 6 nitrogen and oxygen atoms in total. The molecule has 0 aromatic heterocycles. The molecule has 1 aromatic carbocycles. The van der Waals surface area contributed by atoms with E-state index < -0.39 is 5.97 Å². The van der Waals surface area contributed by atoms with E-state index in [-0.39, 0.29) is 40.8 Å². The number of phenols is 1. The Bertz CT molecular complexity index is 535. The standard InChI is InChI=1S/C15H22N2O4/c1-15(2,3)8-9(16)6-13(19)17-12-5-4-10(18)7-11(12)14(20)21/h4-5,7,9,18H,6,8,16H2,1-3H3,(H,17,19)(H,20,21). The normalized spacial score (nSPS) is 12.8. The second-order valence-electron chi connectivity index (χ2n) is 6.31. The lowest BCUT2D eigenvalue weighted by atomic mass is 9.87. The number of amides is 1. The molecule has 0 aliphatic heterocycles. The van der Waals surface area contributed by atoms with Crippen molar-refractivity contribution in [2.24, 2.45) is 11.1 Å². The Balaban J connectivity index is 2.73. The van der Waals surface area contributed by atoms with Crippen LogP contribution in [0.15, 0.2) is 18.2 Å². The molecule has 0 spiro atoms. The number of aromatic carboxylic acids is 1. The van der Waals surface area contributed by atoms with Gasteiger partial charge in [-0.25, -0.2) is 4.79 Å². The number of nitrogens with one attached hydrogen (secondary N) is 1. The van der Waals surface area contributed by atoms with E-state index in [1.54, 1.807) is 0 Å². The summed E-state index contributed by atoms with van der Waals surface area (Å²) in [5.74, 6) is -1.74. The Kier molecular flexibility index (Phi) is 5.32. The summed E-state index contributed by atoms with van der Waals surface area (Å²) in [4.78, 5) is 23.0. The van der Waals surface area contributed by atoms with E-state index in [1.165, 1.54) is 12.1 Å². The Morgan fingerprint density at radius 3 is 2.48 bits per heavy atom. The van der Waals surface area contributed by atoms with E-state index in [1.807, 2.05) is 20.8 Å². The first-order chi connectivity index (χ1) is 9.58. The van der Waals surface area contributed by atoms with Gasteiger partial charge in [0.05, 0.1) is 11.3 Å². The first kappa shape index (κ1) is 17.0. The van der Waals surface area contributed by atoms with Crippen LogP contribution in [0.25, 0.3) is 0 Å². The minimum Gasteiger partial charge on any atom is -0.508 e. The fraction of sp³-hybridized carbons (Fsp3) is 0.467. The summed E-state index contributed by atoms with van der Waals surface area (Å²) in [6.07, 6.45) is 0.791. The largest absolute Gasteiger partial charge is 0.508 e. The van der Waals surface area contributed by atoms with Gasteiger partial charge in [0.25, 0.3) is 0 Å². The van der Waals surface area contributed by atoms with E-state index in [9.17, 15) is 14.7 Å². The van der Waals surface area contributed by atoms with E-state index in [2.05, 4.69) is 5.32 Å². The van der Waals surface area contributed by atoms with Crippen LogP contribution in [-0.4, -0.2) is 28.1 Å². The van der Waals surface area contributed by atoms with Crippen LogP contribution in [0.3, 0.4) is 0 Å². The second kappa shape index (κ2) is 6.58. The molecule has 1 amide bonds. The van der Waals surface area contributed by atoms with E-state index in [0.29, 0.717) is 6.42 Å². The van der Waals surface area contributed by atoms with Crippen LogP contribution in [0.2, 0.25) is 0 Å². The molecule has 116 valence electrons. The first-order valence-corrected chi connectivity index (χ1v) is 6.70. The molecule has 0 aliphatic carbocycles. The molecule has 5 N–H and O–H groups in total. The van der Waals surface area contributed by atoms with Gasteiger partial charge < -0.3 is 21.3 Å². The van der Waals surface area contributed by atoms with Crippen molar-refractivity contribution in [3.8, 4) is 5.75 Å². The summed E-state index contributed by atoms with van der Waals surface area (Å²) in [5, 5.41) is 20.9. The molecule has 0 aliphatic rings. The maximum absolute atomic E-state index is 11.9. The zero-order chi connectivity index (χ0) is 16.2. The van der Waals surface area contributed by atoms with Crippen molar-refractivity contribution < 1.29 is 19.8 Å². The minimum atomic E-state index is -1.22. The predicted octanol–water partition coefficient (Wildman–Crippen LogP) is 2.18. The maximum atomic E-state index is 11.9. The van der Waals surface area contributed by atoms with Gasteiger partial charge in [0.15, 0.2) is 0 Å². The van der Waals surface area contributed by atoms with Gasteiger partial charge in [-0.2, -0.15) is 0 Å². The number of benzene rings is 1. The molecule has 0 saturated heterocycles. The quantitative estimate of drug-likeness (QED) is 0.622. The number of hydrogen-bond donors (Lipinski definition) is 4. The summed E-state index contributed by atoms with van der Waals surface area (Å²) in [6.45, 7) is 6.10. The third-order valence-electron chi connectivity index (χ3n) is 2.83. The molecule has 0 bridgehead atoms. The van der Waals surface area contributed by atoms with Gasteiger partial charge in [0, 0.05) is 12.5 Å². The van der Waals surface area contributed by atoms with E-state index >= 15 is 0 Å². The van der Waals surface area contributed by atoms with Gasteiger partial charge in [-0.3, -0.25) is 4.79 Å². The van der Waals surface area contributed by atoms with Crippen molar-refractivity contribution in [1.82, 2.24) is 0 Å². The van der Waals surface area contributed by atoms with Crippen molar-refractivity contribution in [3.63, 3.8) is 0 Å². The van der Waals surface area contributed by atoms with Gasteiger partial charge in [-0.15, -0.1) is 0 Å². The number of aromatic hydroxyl groups is 1. The molecule has 1 atom stereocenters. The Labute approximate surface area is 124 Å². The molecule has 0 saturated carbocycles. The molecule has 1 aromatic rings. The number of carboxylic acids is 1. The summed E-state index contributed by atoms with van der Waals surface area (Å²) >= 11 is 0. The summed E-state index contributed by atoms with van der Waals surface area (Å²) < 4.78 is 0. The van der Waals surface area contributed by atoms with Crippen molar-refractivity contribution in [2.45, 2.75) is 39.7 Å². The van der Waals surface area contributed by atoms with Gasteiger partial charge in [-0.05, 0) is 30.0 Å². The summed E-state index contributed by atoms with van der Waals surface area (Å²) in [5.41, 5.74) is 5.92. The number of carbonyl (C=O) groups is 2. The summed E-state index contributed by atoms with van der Waals surface area (Å²) in [7, 11) is 0. The fourth-order valence-electron chi connectivity index (χ4n) is 2.12. The number of carbonyl (C=O) groups excluding carboxylic acids is 1. The highest BCUT2D eigenvalue weighted by Gasteiger charge is 2.19. The smallest absolute Gasteiger partial charge is 0.337 e. The molecule has 1 rings (SSSR count). The number of nitrogens with two attached hydrogens (primary N) is 1. The zero-order valence-corrected chi connectivity index (χ0v) is 12.5. The van der Waals surface area contributed by atoms with Crippen molar-refractivity contribution in [1.29, 1.82) is 0 Å². The average molecular weight is 294 g/mol. The van der Waals surface area contributed by atoms with Crippen molar-refractivity contribution >= 4 is 17.6 Å². The van der Waals surface area contributed by atoms with E-state index in [4.69, 9.17) is 10.8 Å². The van der Waals surface area contributed by atoms with Crippen LogP contribution in [-0.2, 0) is 4.79 Å². The highest BCUT2D eigenvalue weighted by molar-refractivity contribution is 6.00. The zero-order valence-electron chi connectivity index (χ0n) is 12.5. The lowest BCUT2D eigenvalue weighted by Crippen LogP contribution is -2.31. The minimum absolute atomic E-state index is 0.0183. The SMILES string of the molecule is CC(C)(C)CC(N)CC(=O)Nc1ccc(O)cc1C(=O)O. The fourth-order valence-corrected chi connectivity index (χ4v) is 2.12. The lowest BCUT2D eigenvalue weighted by molar-refractivity contribution is -0.116. The van der Waals surface area contributed by atoms with Crippen LogP contribution in [0.1, 0.15) is 44.0 Å². The van der Waals surface area contributed by atoms with Crippen LogP contribution in [0.5, 0.6) is 5.75 Å². The molecule has 0 radical (unpaired) electrons. The van der Waals surface area contributed by atoms with Crippen LogP contribution >= 0.6 is 0 Å². The number of anilines is 1. The van der Waals surface area contributed by atoms with Gasteiger partial charge >= 0.3 is 5.97 Å². The Morgan fingerprint density at radius 2 is 1.95 bits per heavy atom. The van der Waals surface area contributed by atoms with Gasteiger partial charge in [0.2, 0.25) is 5.91 Å². The topological polar surface area (TPSA) is 113 Å². The van der Waals surface area contributed by atoms with Crippen molar-refractivity contribution in [2.75, 3.05) is 5.32 Å². The highest BCUT2D eigenvalue weighted by Crippen LogP contribution is 2.23. The third-order valence-corrected chi connectivity index (χ3v) is 2.83. The van der Waals surface area contributed by atoms with Crippen LogP contribution in [0.4, 0.5) is 5.69 Å². The van der Waals surface area contributed by atoms with Gasteiger partial charge in [-0.1, -0.05) is 20.8 Å². The maximum Gasteiger partial charge on any atom is 0.337 e. The Hall–Kier alpha value is -2.08. The van der Waals surface area contributed by atoms with E-state index in [0.717, 1.165) is 6.07 Å². The number of carboxylic acid groups (broad SMARTS) is 1. The molecule has 0 heterocycles. The number of phenolic OH excluding ortho intramolecular Hbond substituents is 1. The van der Waals surface area contributed by atoms with Gasteiger partial charge in [0.1, 0.15) is 5.75 Å². The predicted molar refractivity (Wildman–Crippen MR) is 80.4 cm³/mol.